The molecular formula is C16H14F2N4O. The number of hydrogen-bond donors (Lipinski definition) is 2. The van der Waals surface area contributed by atoms with E-state index in [-0.39, 0.29) is 17.3 Å². The van der Waals surface area contributed by atoms with Crippen molar-refractivity contribution in [2.75, 3.05) is 0 Å². The lowest BCUT2D eigenvalue weighted by Gasteiger charge is -2.24. The molecule has 5 nitrogen and oxygen atoms in total. The van der Waals surface area contributed by atoms with Crippen molar-refractivity contribution in [2.45, 2.75) is 25.7 Å². The van der Waals surface area contributed by atoms with Crippen LogP contribution in [0, 0.1) is 23.0 Å². The second-order valence-corrected chi connectivity index (χ2v) is 5.27. The van der Waals surface area contributed by atoms with Gasteiger partial charge in [-0.05, 0) is 24.1 Å². The van der Waals surface area contributed by atoms with Crippen molar-refractivity contribution in [1.82, 2.24) is 10.2 Å². The van der Waals surface area contributed by atoms with Gasteiger partial charge < -0.3 is 10.5 Å². The summed E-state index contributed by atoms with van der Waals surface area (Å²) in [6, 6.07) is 5.55. The van der Waals surface area contributed by atoms with E-state index in [4.69, 9.17) is 10.5 Å². The largest absolute Gasteiger partial charge is 0.420 e. The zero-order chi connectivity index (χ0) is 16.6. The summed E-state index contributed by atoms with van der Waals surface area (Å²) < 4.78 is 32.3. The number of aromatic nitrogens is 2. The van der Waals surface area contributed by atoms with Gasteiger partial charge in [-0.3, -0.25) is 5.10 Å². The molecule has 0 fully saturated rings. The topological polar surface area (TPSA) is 87.7 Å². The molecule has 3 rings (SSSR count). The molecule has 1 aliphatic rings. The van der Waals surface area contributed by atoms with E-state index in [2.05, 4.69) is 10.2 Å². The zero-order valence-corrected chi connectivity index (χ0v) is 12.4. The first-order chi connectivity index (χ1) is 11.1. The first kappa shape index (κ1) is 15.0. The summed E-state index contributed by atoms with van der Waals surface area (Å²) in [4.78, 5) is 0. The van der Waals surface area contributed by atoms with Crippen LogP contribution in [0.25, 0.3) is 0 Å². The SMILES string of the molecule is CCCc1[nH]nc2c1[C@@H](c1ccc(F)c(F)c1)C(C#N)=C(N)O2. The summed E-state index contributed by atoms with van der Waals surface area (Å²) in [5.41, 5.74) is 7.81. The van der Waals surface area contributed by atoms with Crippen molar-refractivity contribution in [3.63, 3.8) is 0 Å². The molecule has 1 aromatic heterocycles. The molecule has 0 radical (unpaired) electrons. The minimum Gasteiger partial charge on any atom is -0.420 e. The number of ether oxygens (including phenoxy) is 1. The monoisotopic (exact) mass is 316 g/mol. The highest BCUT2D eigenvalue weighted by Crippen LogP contribution is 2.43. The van der Waals surface area contributed by atoms with Crippen molar-refractivity contribution in [3.8, 4) is 11.9 Å². The van der Waals surface area contributed by atoms with Gasteiger partial charge in [-0.1, -0.05) is 19.4 Å². The molecule has 0 saturated heterocycles. The lowest BCUT2D eigenvalue weighted by atomic mass is 9.83. The molecule has 0 saturated carbocycles. The summed E-state index contributed by atoms with van der Waals surface area (Å²) in [6.45, 7) is 2.00. The molecule has 2 aromatic rings. The van der Waals surface area contributed by atoms with E-state index in [1.807, 2.05) is 13.0 Å². The van der Waals surface area contributed by atoms with Crippen LogP contribution < -0.4 is 10.5 Å². The Kier molecular flexibility index (Phi) is 3.74. The highest BCUT2D eigenvalue weighted by atomic mass is 19.2. The van der Waals surface area contributed by atoms with Gasteiger partial charge in [0.15, 0.2) is 11.6 Å². The molecule has 7 heteroatoms. The van der Waals surface area contributed by atoms with Crippen molar-refractivity contribution in [3.05, 3.63) is 58.1 Å². The second-order valence-electron chi connectivity index (χ2n) is 5.27. The van der Waals surface area contributed by atoms with Crippen LogP contribution >= 0.6 is 0 Å². The number of nitrogens with two attached hydrogens (primary N) is 1. The summed E-state index contributed by atoms with van der Waals surface area (Å²) in [7, 11) is 0. The van der Waals surface area contributed by atoms with Gasteiger partial charge in [0, 0.05) is 11.3 Å². The predicted molar refractivity (Wildman–Crippen MR) is 78.2 cm³/mol. The minimum absolute atomic E-state index is 0.0794. The standard InChI is InChI=1S/C16H14F2N4O/c1-2-3-12-14-13(8-4-5-10(17)11(18)6-8)9(7-19)15(20)23-16(14)22-21-12/h4-6,13H,2-3,20H2,1H3,(H,21,22)/t13-/m0/s1. The molecule has 1 atom stereocenters. The van der Waals surface area contributed by atoms with Crippen LogP contribution in [0.3, 0.4) is 0 Å². The summed E-state index contributed by atoms with van der Waals surface area (Å²) in [5.74, 6) is -2.38. The van der Waals surface area contributed by atoms with Crippen LogP contribution in [0.1, 0.15) is 36.1 Å². The van der Waals surface area contributed by atoms with Crippen LogP contribution in [0.5, 0.6) is 5.88 Å². The Balaban J connectivity index is 2.21. The Morgan fingerprint density at radius 2 is 2.17 bits per heavy atom. The van der Waals surface area contributed by atoms with Crippen molar-refractivity contribution >= 4 is 0 Å². The fraction of sp³-hybridized carbons (Fsp3) is 0.250. The van der Waals surface area contributed by atoms with E-state index in [0.717, 1.165) is 24.2 Å². The number of rotatable bonds is 3. The highest BCUT2D eigenvalue weighted by molar-refractivity contribution is 5.55. The second kappa shape index (κ2) is 5.72. The number of fused-ring (bicyclic) bond motifs is 1. The lowest BCUT2D eigenvalue weighted by Crippen LogP contribution is -2.21. The number of nitriles is 1. The van der Waals surface area contributed by atoms with Crippen LogP contribution in [0.4, 0.5) is 8.78 Å². The van der Waals surface area contributed by atoms with Gasteiger partial charge in [-0.15, -0.1) is 5.10 Å². The molecule has 23 heavy (non-hydrogen) atoms. The first-order valence-corrected chi connectivity index (χ1v) is 7.16. The summed E-state index contributed by atoms with van der Waals surface area (Å²) in [5, 5.41) is 16.4. The molecule has 0 amide bonds. The van der Waals surface area contributed by atoms with E-state index in [1.54, 1.807) is 0 Å². The number of halogens is 2. The number of benzene rings is 1. The third-order valence-corrected chi connectivity index (χ3v) is 3.79. The number of nitrogens with zero attached hydrogens (tertiary/aromatic N) is 2. The molecule has 0 spiro atoms. The van der Waals surface area contributed by atoms with Crippen molar-refractivity contribution in [1.29, 1.82) is 5.26 Å². The number of hydrogen-bond acceptors (Lipinski definition) is 4. The van der Waals surface area contributed by atoms with Crippen LogP contribution in [-0.4, -0.2) is 10.2 Å². The van der Waals surface area contributed by atoms with E-state index < -0.39 is 17.6 Å². The number of H-pyrrole nitrogens is 1. The average Bonchev–Trinajstić information content (AvgIpc) is 2.91. The molecule has 1 aromatic carbocycles. The smallest absolute Gasteiger partial charge is 0.244 e. The first-order valence-electron chi connectivity index (χ1n) is 7.16. The van der Waals surface area contributed by atoms with Gasteiger partial charge in [-0.25, -0.2) is 8.78 Å². The van der Waals surface area contributed by atoms with Gasteiger partial charge in [0.25, 0.3) is 0 Å². The number of aromatic amines is 1. The average molecular weight is 316 g/mol. The van der Waals surface area contributed by atoms with Gasteiger partial charge in [-0.2, -0.15) is 5.26 Å². The maximum absolute atomic E-state index is 13.7. The summed E-state index contributed by atoms with van der Waals surface area (Å²) >= 11 is 0. The Labute approximate surface area is 131 Å². The predicted octanol–water partition coefficient (Wildman–Crippen LogP) is 2.86. The van der Waals surface area contributed by atoms with E-state index in [0.29, 0.717) is 17.5 Å². The Morgan fingerprint density at radius 3 is 2.83 bits per heavy atom. The van der Waals surface area contributed by atoms with E-state index in [1.165, 1.54) is 6.07 Å². The van der Waals surface area contributed by atoms with Crippen LogP contribution in [0.15, 0.2) is 29.7 Å². The Bertz CT molecular complexity index is 835. The number of nitrogens with one attached hydrogen (secondary N) is 1. The maximum atomic E-state index is 13.7. The van der Waals surface area contributed by atoms with Crippen LogP contribution in [0.2, 0.25) is 0 Å². The minimum atomic E-state index is -0.980. The third-order valence-electron chi connectivity index (χ3n) is 3.79. The quantitative estimate of drug-likeness (QED) is 0.911. The molecule has 0 bridgehead atoms. The van der Waals surface area contributed by atoms with Gasteiger partial charge in [0.2, 0.25) is 11.8 Å². The number of allylic oxidation sites excluding steroid dienone is 1. The Morgan fingerprint density at radius 1 is 1.39 bits per heavy atom. The fourth-order valence-corrected chi connectivity index (χ4v) is 2.77. The lowest BCUT2D eigenvalue weighted by molar-refractivity contribution is 0.378. The molecule has 1 aliphatic heterocycles. The van der Waals surface area contributed by atoms with Crippen LogP contribution in [-0.2, 0) is 6.42 Å². The maximum Gasteiger partial charge on any atom is 0.244 e. The normalized spacial score (nSPS) is 16.7. The van der Waals surface area contributed by atoms with Gasteiger partial charge in [0.05, 0.1) is 5.92 Å². The van der Waals surface area contributed by atoms with Crippen molar-refractivity contribution < 1.29 is 13.5 Å². The molecule has 3 N–H and O–H groups in total. The molecule has 118 valence electrons. The zero-order valence-electron chi connectivity index (χ0n) is 12.4. The third kappa shape index (κ3) is 2.42. The molecule has 0 aliphatic carbocycles. The fourth-order valence-electron chi connectivity index (χ4n) is 2.77. The van der Waals surface area contributed by atoms with E-state index in [9.17, 15) is 14.0 Å². The van der Waals surface area contributed by atoms with E-state index >= 15 is 0 Å². The van der Waals surface area contributed by atoms with Gasteiger partial charge >= 0.3 is 0 Å². The highest BCUT2D eigenvalue weighted by Gasteiger charge is 2.35. The molecule has 0 unspecified atom stereocenters. The number of aryl methyl sites for hydroxylation is 1. The van der Waals surface area contributed by atoms with Crippen molar-refractivity contribution in [2.24, 2.45) is 5.73 Å². The molecular weight excluding hydrogens is 302 g/mol. The Hall–Kier alpha value is -2.88. The molecule has 2 heterocycles. The summed E-state index contributed by atoms with van der Waals surface area (Å²) in [6.07, 6.45) is 1.53. The van der Waals surface area contributed by atoms with Gasteiger partial charge in [0.1, 0.15) is 11.6 Å².